The normalized spacial score (nSPS) is 19.1. The third-order valence-electron chi connectivity index (χ3n) is 1.11. The van der Waals surface area contributed by atoms with Crippen molar-refractivity contribution in [2.75, 3.05) is 0 Å². The molecule has 0 fully saturated rings. The third kappa shape index (κ3) is 1.68. The fraction of sp³-hybridized carbons (Fsp3) is 0.333. The van der Waals surface area contributed by atoms with Crippen LogP contribution in [0.25, 0.3) is 0 Å². The summed E-state index contributed by atoms with van der Waals surface area (Å²) in [6.07, 6.45) is 3.41. The minimum Gasteiger partial charge on any atom is -0.333 e. The van der Waals surface area contributed by atoms with E-state index < -0.39 is 0 Å². The number of allylic oxidation sites excluding steroid dienone is 1. The average Bonchev–Trinajstić information content (AvgIpc) is 1.97. The lowest BCUT2D eigenvalue weighted by atomic mass is 10.2. The van der Waals surface area contributed by atoms with Gasteiger partial charge in [0, 0.05) is 19.0 Å². The van der Waals surface area contributed by atoms with Crippen LogP contribution in [0.4, 0.5) is 0 Å². The summed E-state index contributed by atoms with van der Waals surface area (Å²) < 4.78 is 0. The number of nitrogens with one attached hydrogen (secondary N) is 1. The molecule has 1 N–H and O–H groups in total. The molecule has 1 aliphatic heterocycles. The molecular formula is C6H7NO2. The van der Waals surface area contributed by atoms with Crippen LogP contribution in [0.2, 0.25) is 0 Å². The molecule has 48 valence electrons. The molecule has 0 unspecified atom stereocenters. The second-order valence-electron chi connectivity index (χ2n) is 1.87. The van der Waals surface area contributed by atoms with Crippen LogP contribution in [0.3, 0.4) is 0 Å². The van der Waals surface area contributed by atoms with Crippen molar-refractivity contribution in [1.82, 2.24) is 5.32 Å². The molecule has 3 nitrogen and oxygen atoms in total. The van der Waals surface area contributed by atoms with E-state index in [4.69, 9.17) is 0 Å². The Labute approximate surface area is 52.7 Å². The Bertz CT molecular complexity index is 172. The topological polar surface area (TPSA) is 46.2 Å². The first kappa shape index (κ1) is 6.01. The zero-order chi connectivity index (χ0) is 6.69. The van der Waals surface area contributed by atoms with E-state index in [1.54, 1.807) is 0 Å². The Morgan fingerprint density at radius 3 is 2.89 bits per heavy atom. The molecule has 0 aliphatic carbocycles. The Kier molecular flexibility index (Phi) is 1.63. The first-order valence-corrected chi connectivity index (χ1v) is 2.78. The molecule has 3 heteroatoms. The summed E-state index contributed by atoms with van der Waals surface area (Å²) in [5.74, 6) is -0.0783. The number of carbonyl (C=O) groups excluding carboxylic acids is 2. The highest BCUT2D eigenvalue weighted by Crippen LogP contribution is 1.95. The highest BCUT2D eigenvalue weighted by Gasteiger charge is 2.05. The SMILES string of the molecule is O=C1C=CNC(=O)CC1. The van der Waals surface area contributed by atoms with Crippen LogP contribution < -0.4 is 5.32 Å². The van der Waals surface area contributed by atoms with Crippen molar-refractivity contribution < 1.29 is 9.59 Å². The van der Waals surface area contributed by atoms with Gasteiger partial charge in [-0.1, -0.05) is 0 Å². The number of hydrogen-bond donors (Lipinski definition) is 1. The van der Waals surface area contributed by atoms with Crippen molar-refractivity contribution >= 4 is 11.7 Å². The summed E-state index contributed by atoms with van der Waals surface area (Å²) >= 11 is 0. The molecule has 1 amide bonds. The molecule has 0 aromatic heterocycles. The lowest BCUT2D eigenvalue weighted by Gasteiger charge is -1.89. The van der Waals surface area contributed by atoms with E-state index >= 15 is 0 Å². The van der Waals surface area contributed by atoms with Gasteiger partial charge in [0.15, 0.2) is 5.78 Å². The smallest absolute Gasteiger partial charge is 0.224 e. The van der Waals surface area contributed by atoms with Crippen LogP contribution in [0, 0.1) is 0 Å². The van der Waals surface area contributed by atoms with E-state index in [9.17, 15) is 9.59 Å². The quantitative estimate of drug-likeness (QED) is 0.494. The summed E-state index contributed by atoms with van der Waals surface area (Å²) in [5, 5.41) is 2.43. The van der Waals surface area contributed by atoms with Crippen LogP contribution in [-0.2, 0) is 9.59 Å². The van der Waals surface area contributed by atoms with Crippen LogP contribution in [-0.4, -0.2) is 11.7 Å². The molecule has 0 bridgehead atoms. The highest BCUT2D eigenvalue weighted by atomic mass is 16.2. The van der Waals surface area contributed by atoms with E-state index in [1.807, 2.05) is 0 Å². The predicted molar refractivity (Wildman–Crippen MR) is 31.5 cm³/mol. The maximum absolute atomic E-state index is 10.5. The molecule has 0 saturated carbocycles. The number of amides is 1. The average molecular weight is 125 g/mol. The second kappa shape index (κ2) is 2.44. The van der Waals surface area contributed by atoms with E-state index in [1.165, 1.54) is 12.3 Å². The molecule has 0 atom stereocenters. The van der Waals surface area contributed by atoms with Crippen molar-refractivity contribution in [3.8, 4) is 0 Å². The Hall–Kier alpha value is -1.12. The molecule has 0 spiro atoms. The summed E-state index contributed by atoms with van der Waals surface area (Å²) in [6.45, 7) is 0. The van der Waals surface area contributed by atoms with Gasteiger partial charge in [0.1, 0.15) is 0 Å². The zero-order valence-electron chi connectivity index (χ0n) is 4.89. The lowest BCUT2D eigenvalue weighted by Crippen LogP contribution is -2.14. The first-order valence-electron chi connectivity index (χ1n) is 2.78. The molecule has 0 saturated heterocycles. The van der Waals surface area contributed by atoms with Crippen LogP contribution in [0.5, 0.6) is 0 Å². The second-order valence-corrected chi connectivity index (χ2v) is 1.87. The summed E-state index contributed by atoms with van der Waals surface area (Å²) in [7, 11) is 0. The number of ketones is 1. The largest absolute Gasteiger partial charge is 0.333 e. The monoisotopic (exact) mass is 125 g/mol. The Morgan fingerprint density at radius 2 is 2.11 bits per heavy atom. The minimum atomic E-state index is -0.0860. The van der Waals surface area contributed by atoms with Gasteiger partial charge in [-0.2, -0.15) is 0 Å². The number of carbonyl (C=O) groups is 2. The van der Waals surface area contributed by atoms with Crippen molar-refractivity contribution in [3.05, 3.63) is 12.3 Å². The summed E-state index contributed by atoms with van der Waals surface area (Å²) in [4.78, 5) is 21.1. The molecule has 0 aromatic carbocycles. The van der Waals surface area contributed by atoms with Gasteiger partial charge >= 0.3 is 0 Å². The molecule has 1 rings (SSSR count). The standard InChI is InChI=1S/C6H7NO2/c8-5-1-2-6(9)7-4-3-5/h3-4H,1-2H2,(H,7,9). The maximum Gasteiger partial charge on any atom is 0.224 e. The molecule has 0 radical (unpaired) electrons. The summed E-state index contributed by atoms with van der Waals surface area (Å²) in [6, 6.07) is 0. The van der Waals surface area contributed by atoms with Crippen molar-refractivity contribution in [1.29, 1.82) is 0 Å². The molecule has 9 heavy (non-hydrogen) atoms. The fourth-order valence-corrected chi connectivity index (χ4v) is 0.620. The van der Waals surface area contributed by atoms with Crippen molar-refractivity contribution in [2.24, 2.45) is 0 Å². The van der Waals surface area contributed by atoms with E-state index in [0.29, 0.717) is 12.8 Å². The number of rotatable bonds is 0. The van der Waals surface area contributed by atoms with Crippen molar-refractivity contribution in [2.45, 2.75) is 12.8 Å². The van der Waals surface area contributed by atoms with E-state index in [-0.39, 0.29) is 11.7 Å². The fourth-order valence-electron chi connectivity index (χ4n) is 0.620. The van der Waals surface area contributed by atoms with Crippen LogP contribution in [0.1, 0.15) is 12.8 Å². The summed E-state index contributed by atoms with van der Waals surface area (Å²) in [5.41, 5.74) is 0. The van der Waals surface area contributed by atoms with E-state index in [2.05, 4.69) is 5.32 Å². The molecular weight excluding hydrogens is 118 g/mol. The van der Waals surface area contributed by atoms with Crippen LogP contribution in [0.15, 0.2) is 12.3 Å². The van der Waals surface area contributed by atoms with Gasteiger partial charge in [0.2, 0.25) is 5.91 Å². The Balaban J connectivity index is 2.58. The minimum absolute atomic E-state index is 0.00773. The number of hydrogen-bond acceptors (Lipinski definition) is 2. The first-order chi connectivity index (χ1) is 4.29. The Morgan fingerprint density at radius 1 is 1.33 bits per heavy atom. The van der Waals surface area contributed by atoms with Crippen molar-refractivity contribution in [3.63, 3.8) is 0 Å². The molecule has 0 aromatic rings. The van der Waals surface area contributed by atoms with Gasteiger partial charge in [0.05, 0.1) is 0 Å². The molecule has 1 aliphatic rings. The predicted octanol–water partition coefficient (Wildman–Crippen LogP) is -0.0208. The van der Waals surface area contributed by atoms with Gasteiger partial charge in [0.25, 0.3) is 0 Å². The van der Waals surface area contributed by atoms with E-state index in [0.717, 1.165) is 0 Å². The lowest BCUT2D eigenvalue weighted by molar-refractivity contribution is -0.122. The zero-order valence-corrected chi connectivity index (χ0v) is 4.89. The molecule has 1 heterocycles. The van der Waals surface area contributed by atoms with Gasteiger partial charge < -0.3 is 5.32 Å². The van der Waals surface area contributed by atoms with Gasteiger partial charge in [-0.3, -0.25) is 9.59 Å². The van der Waals surface area contributed by atoms with Crippen LogP contribution >= 0.6 is 0 Å². The maximum atomic E-state index is 10.5. The van der Waals surface area contributed by atoms with Gasteiger partial charge in [-0.25, -0.2) is 0 Å². The highest BCUT2D eigenvalue weighted by molar-refractivity contribution is 5.94. The van der Waals surface area contributed by atoms with Gasteiger partial charge in [-0.05, 0) is 6.08 Å². The third-order valence-corrected chi connectivity index (χ3v) is 1.11. The van der Waals surface area contributed by atoms with Gasteiger partial charge in [-0.15, -0.1) is 0 Å².